The fourth-order valence-corrected chi connectivity index (χ4v) is 3.13. The lowest BCUT2D eigenvalue weighted by atomic mass is 10.2. The molecule has 0 amide bonds. The number of rotatable bonds is 5. The molecule has 2 aromatic rings. The average Bonchev–Trinajstić information content (AvgIpc) is 3.10. The predicted octanol–water partition coefficient (Wildman–Crippen LogP) is 2.75. The van der Waals surface area contributed by atoms with Crippen LogP contribution in [0.3, 0.4) is 0 Å². The highest BCUT2D eigenvalue weighted by Crippen LogP contribution is 2.20. The first-order chi connectivity index (χ1) is 10.6. The van der Waals surface area contributed by atoms with E-state index in [1.807, 2.05) is 25.3 Å². The maximum atomic E-state index is 12.4. The van der Waals surface area contributed by atoms with Gasteiger partial charge in [0.15, 0.2) is 5.78 Å². The van der Waals surface area contributed by atoms with Gasteiger partial charge in [-0.3, -0.25) is 4.79 Å². The van der Waals surface area contributed by atoms with E-state index in [2.05, 4.69) is 9.97 Å². The van der Waals surface area contributed by atoms with Crippen LogP contribution in [0.25, 0.3) is 0 Å². The fraction of sp³-hybridized carbons (Fsp3) is 0.438. The SMILES string of the molecule is Cc1cc(O[C@H]2CCOC2)cc(C(=O)Cc2nc(C)cs2)n1. The second kappa shape index (κ2) is 6.54. The molecule has 0 unspecified atom stereocenters. The maximum Gasteiger partial charge on any atom is 0.188 e. The summed E-state index contributed by atoms with van der Waals surface area (Å²) in [5, 5.41) is 2.76. The molecule has 1 fully saturated rings. The van der Waals surface area contributed by atoms with Gasteiger partial charge in [-0.2, -0.15) is 0 Å². The lowest BCUT2D eigenvalue weighted by Gasteiger charge is -2.13. The normalized spacial score (nSPS) is 17.6. The molecule has 2 aromatic heterocycles. The van der Waals surface area contributed by atoms with E-state index in [0.717, 1.165) is 29.4 Å². The van der Waals surface area contributed by atoms with Crippen LogP contribution in [0.15, 0.2) is 17.5 Å². The summed E-state index contributed by atoms with van der Waals surface area (Å²) in [5.74, 6) is 0.646. The summed E-state index contributed by atoms with van der Waals surface area (Å²) < 4.78 is 11.2. The molecule has 1 aliphatic rings. The molecule has 0 N–H and O–H groups in total. The maximum absolute atomic E-state index is 12.4. The quantitative estimate of drug-likeness (QED) is 0.793. The van der Waals surface area contributed by atoms with E-state index in [1.165, 1.54) is 11.3 Å². The van der Waals surface area contributed by atoms with Crippen molar-refractivity contribution in [3.63, 3.8) is 0 Å². The Kier molecular flexibility index (Phi) is 4.49. The first-order valence-corrected chi connectivity index (χ1v) is 8.15. The van der Waals surface area contributed by atoms with Crippen LogP contribution in [0.1, 0.15) is 33.3 Å². The van der Waals surface area contributed by atoms with E-state index >= 15 is 0 Å². The van der Waals surface area contributed by atoms with Crippen molar-refractivity contribution in [2.75, 3.05) is 13.2 Å². The molecule has 1 aliphatic heterocycles. The first kappa shape index (κ1) is 15.1. The van der Waals surface area contributed by atoms with Gasteiger partial charge in [0.1, 0.15) is 22.6 Å². The number of aromatic nitrogens is 2. The molecule has 5 nitrogen and oxygen atoms in total. The molecule has 3 rings (SSSR count). The van der Waals surface area contributed by atoms with E-state index in [1.54, 1.807) is 6.07 Å². The zero-order valence-electron chi connectivity index (χ0n) is 12.7. The summed E-state index contributed by atoms with van der Waals surface area (Å²) in [6, 6.07) is 3.57. The molecule has 6 heteroatoms. The van der Waals surface area contributed by atoms with E-state index in [0.29, 0.717) is 18.1 Å². The summed E-state index contributed by atoms with van der Waals surface area (Å²) in [7, 11) is 0. The van der Waals surface area contributed by atoms with Gasteiger partial charge in [0.25, 0.3) is 0 Å². The molecule has 0 bridgehead atoms. The lowest BCUT2D eigenvalue weighted by molar-refractivity contribution is 0.0986. The topological polar surface area (TPSA) is 61.3 Å². The zero-order chi connectivity index (χ0) is 15.5. The molecule has 1 saturated heterocycles. The van der Waals surface area contributed by atoms with Gasteiger partial charge in [0.05, 0.1) is 19.6 Å². The highest BCUT2D eigenvalue weighted by Gasteiger charge is 2.19. The Bertz CT molecular complexity index is 678. The third-order valence-corrected chi connectivity index (χ3v) is 4.35. The fourth-order valence-electron chi connectivity index (χ4n) is 2.36. The summed E-state index contributed by atoms with van der Waals surface area (Å²) in [6.45, 7) is 5.11. The number of hydrogen-bond donors (Lipinski definition) is 0. The van der Waals surface area contributed by atoms with Crippen LogP contribution >= 0.6 is 11.3 Å². The average molecular weight is 318 g/mol. The zero-order valence-corrected chi connectivity index (χ0v) is 13.5. The van der Waals surface area contributed by atoms with E-state index in [9.17, 15) is 4.79 Å². The van der Waals surface area contributed by atoms with E-state index in [-0.39, 0.29) is 18.3 Å². The summed E-state index contributed by atoms with van der Waals surface area (Å²) >= 11 is 1.50. The van der Waals surface area contributed by atoms with Gasteiger partial charge < -0.3 is 9.47 Å². The van der Waals surface area contributed by atoms with Gasteiger partial charge in [-0.25, -0.2) is 9.97 Å². The minimum Gasteiger partial charge on any atom is -0.488 e. The number of nitrogens with zero attached hydrogens (tertiary/aromatic N) is 2. The molecule has 0 saturated carbocycles. The Morgan fingerprint density at radius 3 is 2.91 bits per heavy atom. The van der Waals surface area contributed by atoms with Crippen LogP contribution in [0.2, 0.25) is 0 Å². The van der Waals surface area contributed by atoms with Crippen molar-refractivity contribution in [1.29, 1.82) is 0 Å². The number of pyridine rings is 1. The second-order valence-corrected chi connectivity index (χ2v) is 6.36. The second-order valence-electron chi connectivity index (χ2n) is 5.42. The van der Waals surface area contributed by atoms with Gasteiger partial charge in [0.2, 0.25) is 0 Å². The van der Waals surface area contributed by atoms with Gasteiger partial charge >= 0.3 is 0 Å². The van der Waals surface area contributed by atoms with Crippen LogP contribution in [-0.2, 0) is 11.2 Å². The number of hydrogen-bond acceptors (Lipinski definition) is 6. The van der Waals surface area contributed by atoms with Crippen molar-refractivity contribution >= 4 is 17.1 Å². The summed E-state index contributed by atoms with van der Waals surface area (Å²) in [4.78, 5) is 21.0. The number of thiazole rings is 1. The van der Waals surface area contributed by atoms with Gasteiger partial charge in [0, 0.05) is 35.3 Å². The van der Waals surface area contributed by atoms with Crippen LogP contribution < -0.4 is 4.74 Å². The molecule has 0 spiro atoms. The van der Waals surface area contributed by atoms with Crippen molar-refractivity contribution < 1.29 is 14.3 Å². The molecule has 0 aliphatic carbocycles. The molecule has 1 atom stereocenters. The Morgan fingerprint density at radius 2 is 2.23 bits per heavy atom. The van der Waals surface area contributed by atoms with E-state index < -0.39 is 0 Å². The van der Waals surface area contributed by atoms with Crippen molar-refractivity contribution in [3.05, 3.63) is 39.6 Å². The Morgan fingerprint density at radius 1 is 1.36 bits per heavy atom. The molecular formula is C16H18N2O3S. The van der Waals surface area contributed by atoms with Crippen LogP contribution in [0.4, 0.5) is 0 Å². The first-order valence-electron chi connectivity index (χ1n) is 7.27. The molecule has 116 valence electrons. The van der Waals surface area contributed by atoms with Gasteiger partial charge in [-0.15, -0.1) is 11.3 Å². The van der Waals surface area contributed by atoms with Crippen molar-refractivity contribution in [2.24, 2.45) is 0 Å². The number of carbonyl (C=O) groups is 1. The van der Waals surface area contributed by atoms with Crippen LogP contribution in [0.5, 0.6) is 5.75 Å². The highest BCUT2D eigenvalue weighted by atomic mass is 32.1. The number of ketones is 1. The minimum atomic E-state index is -0.0365. The summed E-state index contributed by atoms with van der Waals surface area (Å²) in [5.41, 5.74) is 2.15. The molecule has 0 aromatic carbocycles. The Balaban J connectivity index is 1.74. The van der Waals surface area contributed by atoms with Crippen molar-refractivity contribution in [1.82, 2.24) is 9.97 Å². The van der Waals surface area contributed by atoms with Crippen molar-refractivity contribution in [3.8, 4) is 5.75 Å². The van der Waals surface area contributed by atoms with Gasteiger partial charge in [-0.1, -0.05) is 0 Å². The smallest absolute Gasteiger partial charge is 0.188 e. The minimum absolute atomic E-state index is 0.0365. The number of aryl methyl sites for hydroxylation is 2. The van der Waals surface area contributed by atoms with E-state index in [4.69, 9.17) is 9.47 Å². The van der Waals surface area contributed by atoms with Gasteiger partial charge in [-0.05, 0) is 13.8 Å². The van der Waals surface area contributed by atoms with Crippen LogP contribution in [0, 0.1) is 13.8 Å². The number of carbonyl (C=O) groups excluding carboxylic acids is 1. The number of Topliss-reactive ketones (excluding diaryl/α,β-unsaturated/α-hetero) is 1. The molecule has 22 heavy (non-hydrogen) atoms. The Hall–Kier alpha value is -1.79. The third kappa shape index (κ3) is 3.69. The van der Waals surface area contributed by atoms with Crippen molar-refractivity contribution in [2.45, 2.75) is 32.8 Å². The number of ether oxygens (including phenoxy) is 2. The largest absolute Gasteiger partial charge is 0.488 e. The standard InChI is InChI=1S/C16H18N2O3S/c1-10-5-13(21-12-3-4-20-8-12)6-14(17-10)15(19)7-16-18-11(2)9-22-16/h5-6,9,12H,3-4,7-8H2,1-2H3/t12-/m0/s1. The molecule has 0 radical (unpaired) electrons. The Labute approximate surface area is 133 Å². The molecular weight excluding hydrogens is 300 g/mol. The third-order valence-electron chi connectivity index (χ3n) is 3.38. The lowest BCUT2D eigenvalue weighted by Crippen LogP contribution is -2.16. The molecule has 3 heterocycles. The van der Waals surface area contributed by atoms with Crippen LogP contribution in [-0.4, -0.2) is 35.1 Å². The predicted molar refractivity (Wildman–Crippen MR) is 83.7 cm³/mol. The monoisotopic (exact) mass is 318 g/mol. The highest BCUT2D eigenvalue weighted by molar-refractivity contribution is 7.09. The summed E-state index contributed by atoms with van der Waals surface area (Å²) in [6.07, 6.45) is 1.22.